The van der Waals surface area contributed by atoms with E-state index in [1.165, 1.54) is 6.20 Å². The Bertz CT molecular complexity index is 954. The lowest BCUT2D eigenvalue weighted by molar-refractivity contribution is -0.117. The van der Waals surface area contributed by atoms with E-state index >= 15 is 0 Å². The average Bonchev–Trinajstić information content (AvgIpc) is 2.59. The highest BCUT2D eigenvalue weighted by atomic mass is 35.5. The molecule has 0 aliphatic carbocycles. The summed E-state index contributed by atoms with van der Waals surface area (Å²) in [5.41, 5.74) is 1.09. The molecule has 3 aromatic rings. The van der Waals surface area contributed by atoms with Crippen molar-refractivity contribution in [1.82, 2.24) is 14.8 Å². The van der Waals surface area contributed by atoms with Crippen LogP contribution in [-0.2, 0) is 11.3 Å². The predicted molar refractivity (Wildman–Crippen MR) is 96.8 cm³/mol. The zero-order valence-electron chi connectivity index (χ0n) is 12.8. The number of anilines is 1. The summed E-state index contributed by atoms with van der Waals surface area (Å²) in [5, 5.41) is 7.81. The molecule has 1 heterocycles. The standard InChI is InChI=1S/C17H12Cl2N4O2/c18-12-3-1-11(2-4-12)15-9-20-23(17(25)22-15)10-16(24)21-14-7-5-13(19)6-8-14/h1-9H,10H2,(H,21,24). The smallest absolute Gasteiger partial charge is 0.324 e. The molecule has 0 atom stereocenters. The van der Waals surface area contributed by atoms with Crippen molar-refractivity contribution >= 4 is 34.8 Å². The van der Waals surface area contributed by atoms with Gasteiger partial charge >= 0.3 is 5.69 Å². The Morgan fingerprint density at radius 1 is 1.00 bits per heavy atom. The maximum Gasteiger partial charge on any atom is 0.365 e. The fourth-order valence-electron chi connectivity index (χ4n) is 2.10. The fourth-order valence-corrected chi connectivity index (χ4v) is 2.35. The van der Waals surface area contributed by atoms with Crippen LogP contribution in [0.1, 0.15) is 0 Å². The van der Waals surface area contributed by atoms with Crippen LogP contribution < -0.4 is 11.0 Å². The molecule has 1 aromatic heterocycles. The van der Waals surface area contributed by atoms with Crippen LogP contribution in [0.25, 0.3) is 11.3 Å². The summed E-state index contributed by atoms with van der Waals surface area (Å²) in [4.78, 5) is 28.1. The molecule has 25 heavy (non-hydrogen) atoms. The molecule has 3 rings (SSSR count). The van der Waals surface area contributed by atoms with Crippen LogP contribution in [0.3, 0.4) is 0 Å². The fraction of sp³-hybridized carbons (Fsp3) is 0.0588. The van der Waals surface area contributed by atoms with Crippen molar-refractivity contribution in [3.05, 3.63) is 75.3 Å². The van der Waals surface area contributed by atoms with Gasteiger partial charge in [-0.1, -0.05) is 35.3 Å². The first-order valence-electron chi connectivity index (χ1n) is 7.27. The quantitative estimate of drug-likeness (QED) is 0.760. The summed E-state index contributed by atoms with van der Waals surface area (Å²) in [5.74, 6) is -0.391. The summed E-state index contributed by atoms with van der Waals surface area (Å²) < 4.78 is 0.991. The monoisotopic (exact) mass is 374 g/mol. The van der Waals surface area contributed by atoms with E-state index in [-0.39, 0.29) is 6.54 Å². The maximum absolute atomic E-state index is 12.1. The van der Waals surface area contributed by atoms with Crippen molar-refractivity contribution in [2.45, 2.75) is 6.54 Å². The zero-order chi connectivity index (χ0) is 17.8. The van der Waals surface area contributed by atoms with Crippen molar-refractivity contribution in [2.24, 2.45) is 0 Å². The van der Waals surface area contributed by atoms with Crippen LogP contribution in [0.5, 0.6) is 0 Å². The third-order valence-electron chi connectivity index (χ3n) is 3.32. The second-order valence-electron chi connectivity index (χ2n) is 5.14. The maximum atomic E-state index is 12.1. The van der Waals surface area contributed by atoms with Crippen molar-refractivity contribution in [2.75, 3.05) is 5.32 Å². The van der Waals surface area contributed by atoms with Crippen LogP contribution >= 0.6 is 23.2 Å². The molecule has 2 aromatic carbocycles. The molecule has 0 saturated heterocycles. The van der Waals surface area contributed by atoms with Gasteiger partial charge in [-0.25, -0.2) is 9.48 Å². The Labute approximate surface area is 153 Å². The van der Waals surface area contributed by atoms with Gasteiger partial charge in [0.05, 0.1) is 11.9 Å². The number of benzene rings is 2. The Morgan fingerprint density at radius 3 is 2.20 bits per heavy atom. The molecule has 0 bridgehead atoms. The molecule has 0 radical (unpaired) electrons. The summed E-state index contributed by atoms with van der Waals surface area (Å²) in [6, 6.07) is 13.5. The lowest BCUT2D eigenvalue weighted by atomic mass is 10.2. The molecule has 1 amide bonds. The lowest BCUT2D eigenvalue weighted by Gasteiger charge is -2.07. The summed E-state index contributed by atoms with van der Waals surface area (Å²) in [6.07, 6.45) is 1.43. The van der Waals surface area contributed by atoms with Gasteiger partial charge in [-0.15, -0.1) is 0 Å². The number of nitrogens with zero attached hydrogens (tertiary/aromatic N) is 3. The molecule has 0 unspecified atom stereocenters. The molecule has 0 fully saturated rings. The Balaban J connectivity index is 1.72. The molecule has 6 nitrogen and oxygen atoms in total. The van der Waals surface area contributed by atoms with Gasteiger partial charge in [0, 0.05) is 21.3 Å². The van der Waals surface area contributed by atoms with Gasteiger partial charge in [0.1, 0.15) is 6.54 Å². The predicted octanol–water partition coefficient (Wildman–Crippen LogP) is 3.25. The summed E-state index contributed by atoms with van der Waals surface area (Å²) in [6.45, 7) is -0.241. The SMILES string of the molecule is O=C(Cn1ncc(-c2ccc(Cl)cc2)nc1=O)Nc1ccc(Cl)cc1. The van der Waals surface area contributed by atoms with Crippen molar-refractivity contribution in [3.63, 3.8) is 0 Å². The van der Waals surface area contributed by atoms with Gasteiger partial charge in [-0.2, -0.15) is 10.1 Å². The van der Waals surface area contributed by atoms with Crippen LogP contribution in [0, 0.1) is 0 Å². The van der Waals surface area contributed by atoms with Gasteiger partial charge in [-0.05, 0) is 36.4 Å². The van der Waals surface area contributed by atoms with E-state index in [0.717, 1.165) is 4.68 Å². The van der Waals surface area contributed by atoms with Crippen LogP contribution in [-0.4, -0.2) is 20.7 Å². The second-order valence-corrected chi connectivity index (χ2v) is 6.02. The summed E-state index contributed by atoms with van der Waals surface area (Å²) >= 11 is 11.6. The minimum Gasteiger partial charge on any atom is -0.324 e. The average molecular weight is 375 g/mol. The number of amides is 1. The van der Waals surface area contributed by atoms with Crippen molar-refractivity contribution in [1.29, 1.82) is 0 Å². The molecule has 0 aliphatic rings. The molecule has 0 saturated carbocycles. The third-order valence-corrected chi connectivity index (χ3v) is 3.82. The number of aromatic nitrogens is 3. The van der Waals surface area contributed by atoms with E-state index in [0.29, 0.717) is 27.0 Å². The minimum absolute atomic E-state index is 0.241. The van der Waals surface area contributed by atoms with E-state index in [2.05, 4.69) is 15.4 Å². The van der Waals surface area contributed by atoms with Gasteiger partial charge in [0.2, 0.25) is 5.91 Å². The van der Waals surface area contributed by atoms with E-state index in [4.69, 9.17) is 23.2 Å². The lowest BCUT2D eigenvalue weighted by Crippen LogP contribution is -2.31. The second kappa shape index (κ2) is 7.46. The molecule has 126 valence electrons. The van der Waals surface area contributed by atoms with Gasteiger partial charge in [0.25, 0.3) is 0 Å². The van der Waals surface area contributed by atoms with Gasteiger partial charge in [-0.3, -0.25) is 4.79 Å². The molecule has 0 spiro atoms. The number of rotatable bonds is 4. The highest BCUT2D eigenvalue weighted by Crippen LogP contribution is 2.17. The normalized spacial score (nSPS) is 10.5. The highest BCUT2D eigenvalue weighted by molar-refractivity contribution is 6.30. The number of hydrogen-bond acceptors (Lipinski definition) is 4. The summed E-state index contributed by atoms with van der Waals surface area (Å²) in [7, 11) is 0. The first-order chi connectivity index (χ1) is 12.0. The highest BCUT2D eigenvalue weighted by Gasteiger charge is 2.09. The van der Waals surface area contributed by atoms with Gasteiger partial charge in [0.15, 0.2) is 0 Å². The zero-order valence-corrected chi connectivity index (χ0v) is 14.3. The van der Waals surface area contributed by atoms with Crippen LogP contribution in [0.15, 0.2) is 59.5 Å². The first-order valence-corrected chi connectivity index (χ1v) is 8.02. The Morgan fingerprint density at radius 2 is 1.60 bits per heavy atom. The number of halogens is 2. The molecule has 8 heteroatoms. The van der Waals surface area contributed by atoms with E-state index in [1.807, 2.05) is 0 Å². The Hall–Kier alpha value is -2.70. The van der Waals surface area contributed by atoms with E-state index in [9.17, 15) is 9.59 Å². The van der Waals surface area contributed by atoms with E-state index < -0.39 is 11.6 Å². The largest absolute Gasteiger partial charge is 0.365 e. The molecule has 1 N–H and O–H groups in total. The molecular formula is C17H12Cl2N4O2. The van der Waals surface area contributed by atoms with Crippen molar-refractivity contribution < 1.29 is 4.79 Å². The molecular weight excluding hydrogens is 363 g/mol. The number of hydrogen-bond donors (Lipinski definition) is 1. The minimum atomic E-state index is -0.612. The van der Waals surface area contributed by atoms with Crippen LogP contribution in [0.4, 0.5) is 5.69 Å². The Kier molecular flexibility index (Phi) is 5.11. The number of carbonyl (C=O) groups excluding carboxylic acids is 1. The third kappa shape index (κ3) is 4.43. The van der Waals surface area contributed by atoms with Gasteiger partial charge < -0.3 is 5.32 Å². The topological polar surface area (TPSA) is 76.9 Å². The molecule has 0 aliphatic heterocycles. The number of nitrogens with one attached hydrogen (secondary N) is 1. The van der Waals surface area contributed by atoms with E-state index in [1.54, 1.807) is 48.5 Å². The van der Waals surface area contributed by atoms with Crippen LogP contribution in [0.2, 0.25) is 10.0 Å². The van der Waals surface area contributed by atoms with Crippen molar-refractivity contribution in [3.8, 4) is 11.3 Å². The number of carbonyl (C=O) groups is 1. The first kappa shape index (κ1) is 17.1.